The SMILES string of the molecule is CCCN=C(OC)OCC. The van der Waals surface area contributed by atoms with Gasteiger partial charge in [-0.3, -0.25) is 0 Å². The van der Waals surface area contributed by atoms with Gasteiger partial charge in [-0.05, 0) is 13.3 Å². The first-order chi connectivity index (χ1) is 4.85. The Morgan fingerprint density at radius 2 is 2.10 bits per heavy atom. The van der Waals surface area contributed by atoms with E-state index in [0.29, 0.717) is 12.7 Å². The molecule has 0 unspecified atom stereocenters. The van der Waals surface area contributed by atoms with Crippen LogP contribution in [0.25, 0.3) is 0 Å². The number of hydrogen-bond acceptors (Lipinski definition) is 3. The Balaban J connectivity index is 3.55. The molecule has 0 heterocycles. The maximum atomic E-state index is 5.02. The van der Waals surface area contributed by atoms with Gasteiger partial charge in [-0.15, -0.1) is 0 Å². The van der Waals surface area contributed by atoms with Crippen molar-refractivity contribution in [2.24, 2.45) is 4.99 Å². The molecular formula is C7H15NO2. The van der Waals surface area contributed by atoms with Gasteiger partial charge in [0.25, 0.3) is 0 Å². The van der Waals surface area contributed by atoms with Gasteiger partial charge in [-0.1, -0.05) is 6.92 Å². The number of hydrogen-bond donors (Lipinski definition) is 0. The number of nitrogens with zero attached hydrogens (tertiary/aromatic N) is 1. The van der Waals surface area contributed by atoms with E-state index in [-0.39, 0.29) is 0 Å². The van der Waals surface area contributed by atoms with E-state index < -0.39 is 0 Å². The number of methoxy groups -OCH3 is 1. The predicted molar refractivity (Wildman–Crippen MR) is 41.2 cm³/mol. The lowest BCUT2D eigenvalue weighted by Crippen LogP contribution is -2.07. The van der Waals surface area contributed by atoms with Gasteiger partial charge in [0.15, 0.2) is 0 Å². The average Bonchev–Trinajstić information content (AvgIpc) is 1.98. The van der Waals surface area contributed by atoms with Crippen molar-refractivity contribution in [1.82, 2.24) is 0 Å². The zero-order valence-corrected chi connectivity index (χ0v) is 6.89. The molecule has 10 heavy (non-hydrogen) atoms. The van der Waals surface area contributed by atoms with Crippen molar-refractivity contribution in [3.8, 4) is 0 Å². The maximum absolute atomic E-state index is 5.02. The smallest absolute Gasteiger partial charge is 0.383 e. The van der Waals surface area contributed by atoms with E-state index in [2.05, 4.69) is 11.9 Å². The summed E-state index contributed by atoms with van der Waals surface area (Å²) in [4.78, 5) is 4.02. The Kier molecular flexibility index (Phi) is 5.92. The van der Waals surface area contributed by atoms with E-state index >= 15 is 0 Å². The molecule has 0 N–H and O–H groups in total. The monoisotopic (exact) mass is 145 g/mol. The second kappa shape index (κ2) is 6.39. The van der Waals surface area contributed by atoms with Crippen molar-refractivity contribution in [3.05, 3.63) is 0 Å². The van der Waals surface area contributed by atoms with E-state index in [4.69, 9.17) is 9.47 Å². The third kappa shape index (κ3) is 4.18. The van der Waals surface area contributed by atoms with Gasteiger partial charge in [-0.25, -0.2) is 4.99 Å². The molecule has 3 nitrogen and oxygen atoms in total. The molecule has 0 aliphatic rings. The van der Waals surface area contributed by atoms with E-state index in [9.17, 15) is 0 Å². The molecule has 0 fully saturated rings. The van der Waals surface area contributed by atoms with Crippen molar-refractivity contribution in [1.29, 1.82) is 0 Å². The second-order valence-corrected chi connectivity index (χ2v) is 1.78. The molecule has 0 saturated carbocycles. The first-order valence-corrected chi connectivity index (χ1v) is 3.56. The highest BCUT2D eigenvalue weighted by Gasteiger charge is 1.93. The molecule has 0 aromatic carbocycles. The first-order valence-electron chi connectivity index (χ1n) is 3.56. The Hall–Kier alpha value is -0.730. The van der Waals surface area contributed by atoms with Gasteiger partial charge in [0.2, 0.25) is 0 Å². The van der Waals surface area contributed by atoms with Crippen LogP contribution in [0.15, 0.2) is 4.99 Å². The van der Waals surface area contributed by atoms with Crippen LogP contribution in [0.5, 0.6) is 0 Å². The standard InChI is InChI=1S/C7H15NO2/c1-4-6-8-7(9-3)10-5-2/h4-6H2,1-3H3. The van der Waals surface area contributed by atoms with Crippen LogP contribution in [0.2, 0.25) is 0 Å². The maximum Gasteiger partial charge on any atom is 0.383 e. The molecule has 0 bridgehead atoms. The minimum Gasteiger partial charge on any atom is -0.454 e. The molecule has 0 amide bonds. The quantitative estimate of drug-likeness (QED) is 0.444. The van der Waals surface area contributed by atoms with Gasteiger partial charge >= 0.3 is 6.08 Å². The van der Waals surface area contributed by atoms with Crippen LogP contribution in [0.3, 0.4) is 0 Å². The van der Waals surface area contributed by atoms with Gasteiger partial charge in [0, 0.05) is 6.54 Å². The van der Waals surface area contributed by atoms with Crippen LogP contribution < -0.4 is 0 Å². The van der Waals surface area contributed by atoms with Crippen LogP contribution >= 0.6 is 0 Å². The molecule has 3 heteroatoms. The van der Waals surface area contributed by atoms with E-state index in [1.807, 2.05) is 6.92 Å². The average molecular weight is 145 g/mol. The zero-order chi connectivity index (χ0) is 7.82. The van der Waals surface area contributed by atoms with Crippen molar-refractivity contribution in [2.75, 3.05) is 20.3 Å². The fraction of sp³-hybridized carbons (Fsp3) is 0.857. The summed E-state index contributed by atoms with van der Waals surface area (Å²) in [5.41, 5.74) is 0. The fourth-order valence-electron chi connectivity index (χ4n) is 0.496. The summed E-state index contributed by atoms with van der Waals surface area (Å²) in [6, 6.07) is 0. The van der Waals surface area contributed by atoms with Crippen molar-refractivity contribution < 1.29 is 9.47 Å². The van der Waals surface area contributed by atoms with Crippen LogP contribution in [0, 0.1) is 0 Å². The van der Waals surface area contributed by atoms with Gasteiger partial charge < -0.3 is 9.47 Å². The van der Waals surface area contributed by atoms with Gasteiger partial charge in [-0.2, -0.15) is 0 Å². The molecule has 0 radical (unpaired) electrons. The van der Waals surface area contributed by atoms with E-state index in [1.165, 1.54) is 0 Å². The normalized spacial score (nSPS) is 11.3. The fourth-order valence-corrected chi connectivity index (χ4v) is 0.496. The molecule has 0 aromatic rings. The molecule has 0 atom stereocenters. The Labute approximate surface area is 62.1 Å². The Morgan fingerprint density at radius 3 is 2.50 bits per heavy atom. The summed E-state index contributed by atoms with van der Waals surface area (Å²) in [5.74, 6) is 0. The molecule has 60 valence electrons. The lowest BCUT2D eigenvalue weighted by Gasteiger charge is -2.03. The summed E-state index contributed by atoms with van der Waals surface area (Å²) in [6.45, 7) is 5.34. The minimum absolute atomic E-state index is 0.393. The third-order valence-corrected chi connectivity index (χ3v) is 0.907. The number of ether oxygens (including phenoxy) is 2. The van der Waals surface area contributed by atoms with Crippen LogP contribution in [0.4, 0.5) is 0 Å². The van der Waals surface area contributed by atoms with Crippen molar-refractivity contribution in [2.45, 2.75) is 20.3 Å². The number of aliphatic imine (C=N–C) groups is 1. The highest BCUT2D eigenvalue weighted by molar-refractivity contribution is 5.66. The molecular weight excluding hydrogens is 130 g/mol. The molecule has 0 saturated heterocycles. The van der Waals surface area contributed by atoms with Gasteiger partial charge in [0.05, 0.1) is 13.7 Å². The summed E-state index contributed by atoms with van der Waals surface area (Å²) in [7, 11) is 1.56. The molecule has 0 aliphatic heterocycles. The zero-order valence-electron chi connectivity index (χ0n) is 6.89. The van der Waals surface area contributed by atoms with Crippen LogP contribution in [-0.4, -0.2) is 26.3 Å². The Bertz CT molecular complexity index is 102. The molecule has 0 aliphatic carbocycles. The van der Waals surface area contributed by atoms with Gasteiger partial charge in [0.1, 0.15) is 0 Å². The number of rotatable bonds is 3. The second-order valence-electron chi connectivity index (χ2n) is 1.78. The van der Waals surface area contributed by atoms with E-state index in [1.54, 1.807) is 7.11 Å². The summed E-state index contributed by atoms with van der Waals surface area (Å²) in [6.07, 6.45) is 1.41. The topological polar surface area (TPSA) is 30.8 Å². The van der Waals surface area contributed by atoms with E-state index in [0.717, 1.165) is 13.0 Å². The first kappa shape index (κ1) is 9.27. The lowest BCUT2D eigenvalue weighted by molar-refractivity contribution is 0.206. The summed E-state index contributed by atoms with van der Waals surface area (Å²) in [5, 5.41) is 0. The third-order valence-electron chi connectivity index (χ3n) is 0.907. The largest absolute Gasteiger partial charge is 0.454 e. The van der Waals surface area contributed by atoms with Crippen molar-refractivity contribution >= 4 is 6.08 Å². The molecule has 0 rings (SSSR count). The highest BCUT2D eigenvalue weighted by Crippen LogP contribution is 1.86. The predicted octanol–water partition coefficient (Wildman–Crippen LogP) is 1.44. The highest BCUT2D eigenvalue weighted by atomic mass is 16.7. The summed E-state index contributed by atoms with van der Waals surface area (Å²) >= 11 is 0. The summed E-state index contributed by atoms with van der Waals surface area (Å²) < 4.78 is 9.84. The minimum atomic E-state index is 0.393. The molecule has 0 spiro atoms. The Morgan fingerprint density at radius 1 is 1.40 bits per heavy atom. The van der Waals surface area contributed by atoms with Crippen molar-refractivity contribution in [3.63, 3.8) is 0 Å². The lowest BCUT2D eigenvalue weighted by atomic mass is 10.5. The molecule has 0 aromatic heterocycles. The van der Waals surface area contributed by atoms with Crippen LogP contribution in [-0.2, 0) is 9.47 Å². The van der Waals surface area contributed by atoms with Crippen LogP contribution in [0.1, 0.15) is 20.3 Å².